The van der Waals surface area contributed by atoms with Crippen LogP contribution < -0.4 is 11.1 Å². The third kappa shape index (κ3) is 4.88. The molecule has 0 aliphatic rings. The summed E-state index contributed by atoms with van der Waals surface area (Å²) in [5.74, 6) is 0. The van der Waals surface area contributed by atoms with Gasteiger partial charge in [0.05, 0.1) is 10.4 Å². The Balaban J connectivity index is 1.43. The minimum absolute atomic E-state index is 0.321. The summed E-state index contributed by atoms with van der Waals surface area (Å²) in [6.07, 6.45) is -0.449. The molecule has 0 spiro atoms. The molecule has 0 fully saturated rings. The fraction of sp³-hybridized carbons (Fsp3) is 0.174. The highest BCUT2D eigenvalue weighted by atomic mass is 32.1. The number of thiazole rings is 1. The molecule has 3 N–H and O–H groups in total. The highest BCUT2D eigenvalue weighted by Crippen LogP contribution is 2.34. The monoisotopic (exact) mass is 453 g/mol. The van der Waals surface area contributed by atoms with E-state index >= 15 is 0 Å². The van der Waals surface area contributed by atoms with E-state index in [2.05, 4.69) is 21.4 Å². The van der Waals surface area contributed by atoms with E-state index in [1.165, 1.54) is 23.5 Å². The molecule has 0 bridgehead atoms. The summed E-state index contributed by atoms with van der Waals surface area (Å²) in [5.41, 5.74) is 7.39. The molecule has 5 nitrogen and oxygen atoms in total. The van der Waals surface area contributed by atoms with Crippen LogP contribution >= 0.6 is 11.3 Å². The SMILES string of the molecule is N#Cc1nc(NC[C@H](N)Cc2ccc(C(F)(F)F)cc2)sc1-c1ccc2cnccc2c1. The van der Waals surface area contributed by atoms with Gasteiger partial charge in [-0.25, -0.2) is 4.98 Å². The van der Waals surface area contributed by atoms with Gasteiger partial charge in [-0.2, -0.15) is 18.4 Å². The number of aromatic nitrogens is 2. The lowest BCUT2D eigenvalue weighted by atomic mass is 10.0. The molecule has 4 rings (SSSR count). The standard InChI is InChI=1S/C23H18F3N5S/c24-23(25,26)18-5-1-14(2-6-18)9-19(28)13-30-22-31-20(11-27)21(32-22)16-3-4-17-12-29-8-7-15(17)10-16/h1-8,10,12,19H,9,13,28H2,(H,30,31)/t19-/m1/s1. The van der Waals surface area contributed by atoms with Crippen molar-refractivity contribution < 1.29 is 13.2 Å². The van der Waals surface area contributed by atoms with E-state index in [4.69, 9.17) is 5.73 Å². The van der Waals surface area contributed by atoms with Gasteiger partial charge in [-0.05, 0) is 47.2 Å². The van der Waals surface area contributed by atoms with E-state index < -0.39 is 11.7 Å². The number of hydrogen-bond acceptors (Lipinski definition) is 6. The summed E-state index contributed by atoms with van der Waals surface area (Å²) in [4.78, 5) is 9.22. The Labute approximate surface area is 186 Å². The molecule has 0 saturated heterocycles. The molecule has 1 atom stereocenters. The third-order valence-electron chi connectivity index (χ3n) is 4.93. The second kappa shape index (κ2) is 8.94. The van der Waals surface area contributed by atoms with Gasteiger partial charge in [0.15, 0.2) is 10.8 Å². The quantitative estimate of drug-likeness (QED) is 0.417. The molecule has 0 aliphatic heterocycles. The van der Waals surface area contributed by atoms with Gasteiger partial charge in [-0.15, -0.1) is 0 Å². The summed E-state index contributed by atoms with van der Waals surface area (Å²) in [6, 6.07) is 14.6. The van der Waals surface area contributed by atoms with E-state index in [0.29, 0.717) is 23.8 Å². The second-order valence-electron chi connectivity index (χ2n) is 7.29. The van der Waals surface area contributed by atoms with E-state index in [-0.39, 0.29) is 6.04 Å². The van der Waals surface area contributed by atoms with Crippen LogP contribution in [0.4, 0.5) is 18.3 Å². The predicted octanol–water partition coefficient (Wildman–Crippen LogP) is 5.23. The van der Waals surface area contributed by atoms with Crippen molar-refractivity contribution in [2.45, 2.75) is 18.6 Å². The molecule has 2 heterocycles. The second-order valence-corrected chi connectivity index (χ2v) is 8.29. The first-order valence-corrected chi connectivity index (χ1v) is 10.6. The molecule has 4 aromatic rings. The van der Waals surface area contributed by atoms with Crippen LogP contribution in [-0.2, 0) is 12.6 Å². The maximum Gasteiger partial charge on any atom is 0.416 e. The minimum atomic E-state index is -4.36. The normalized spacial score (nSPS) is 12.5. The molecule has 2 aromatic carbocycles. The van der Waals surface area contributed by atoms with Crippen LogP contribution in [0.5, 0.6) is 0 Å². The van der Waals surface area contributed by atoms with Crippen LogP contribution in [0.3, 0.4) is 0 Å². The Morgan fingerprint density at radius 3 is 2.59 bits per heavy atom. The van der Waals surface area contributed by atoms with Gasteiger partial charge in [-0.1, -0.05) is 35.6 Å². The van der Waals surface area contributed by atoms with Crippen molar-refractivity contribution in [2.24, 2.45) is 5.73 Å². The Morgan fingerprint density at radius 1 is 1.09 bits per heavy atom. The van der Waals surface area contributed by atoms with Gasteiger partial charge in [0.2, 0.25) is 0 Å². The number of fused-ring (bicyclic) bond motifs is 1. The highest BCUT2D eigenvalue weighted by molar-refractivity contribution is 7.19. The summed E-state index contributed by atoms with van der Waals surface area (Å²) in [5, 5.41) is 15.2. The predicted molar refractivity (Wildman–Crippen MR) is 119 cm³/mol. The van der Waals surface area contributed by atoms with E-state index in [1.54, 1.807) is 12.4 Å². The molecule has 0 unspecified atom stereocenters. The number of nitrogens with two attached hydrogens (primary N) is 1. The zero-order valence-electron chi connectivity index (χ0n) is 16.7. The average molecular weight is 453 g/mol. The lowest BCUT2D eigenvalue weighted by molar-refractivity contribution is -0.137. The number of alkyl halides is 3. The van der Waals surface area contributed by atoms with Crippen LogP contribution in [0.1, 0.15) is 16.8 Å². The molecule has 162 valence electrons. The summed E-state index contributed by atoms with van der Waals surface area (Å²) >= 11 is 1.36. The molecule has 32 heavy (non-hydrogen) atoms. The van der Waals surface area contributed by atoms with Gasteiger partial charge >= 0.3 is 6.18 Å². The largest absolute Gasteiger partial charge is 0.416 e. The summed E-state index contributed by atoms with van der Waals surface area (Å²) < 4.78 is 38.1. The van der Waals surface area contributed by atoms with Crippen molar-refractivity contribution >= 4 is 27.2 Å². The Kier molecular flexibility index (Phi) is 6.08. The lowest BCUT2D eigenvalue weighted by Crippen LogP contribution is -2.31. The van der Waals surface area contributed by atoms with Crippen molar-refractivity contribution in [1.29, 1.82) is 5.26 Å². The molecular weight excluding hydrogens is 435 g/mol. The maximum absolute atomic E-state index is 12.7. The number of halogens is 3. The number of nitrogens with one attached hydrogen (secondary N) is 1. The first-order valence-electron chi connectivity index (χ1n) is 9.74. The van der Waals surface area contributed by atoms with Gasteiger partial charge < -0.3 is 11.1 Å². The van der Waals surface area contributed by atoms with Gasteiger partial charge in [-0.3, -0.25) is 4.98 Å². The maximum atomic E-state index is 12.7. The molecular formula is C23H18F3N5S. The van der Waals surface area contributed by atoms with E-state index in [1.807, 2.05) is 24.3 Å². The third-order valence-corrected chi connectivity index (χ3v) is 5.99. The number of pyridine rings is 1. The Morgan fingerprint density at radius 2 is 1.88 bits per heavy atom. The smallest absolute Gasteiger partial charge is 0.360 e. The van der Waals surface area contributed by atoms with Crippen molar-refractivity contribution in [1.82, 2.24) is 9.97 Å². The Bertz CT molecular complexity index is 1280. The first-order chi connectivity index (χ1) is 15.3. The fourth-order valence-electron chi connectivity index (χ4n) is 3.31. The van der Waals surface area contributed by atoms with Crippen molar-refractivity contribution in [3.05, 3.63) is 77.7 Å². The van der Waals surface area contributed by atoms with Crippen molar-refractivity contribution in [3.63, 3.8) is 0 Å². The van der Waals surface area contributed by atoms with Gasteiger partial charge in [0, 0.05) is 30.4 Å². The molecule has 0 aliphatic carbocycles. The lowest BCUT2D eigenvalue weighted by Gasteiger charge is -2.13. The van der Waals surface area contributed by atoms with E-state index in [0.717, 1.165) is 38.9 Å². The number of hydrogen-bond donors (Lipinski definition) is 2. The van der Waals surface area contributed by atoms with Crippen LogP contribution in [0.25, 0.3) is 21.2 Å². The number of benzene rings is 2. The van der Waals surface area contributed by atoms with E-state index in [9.17, 15) is 18.4 Å². The van der Waals surface area contributed by atoms with Crippen LogP contribution in [0.2, 0.25) is 0 Å². The Hall–Kier alpha value is -3.48. The fourth-order valence-corrected chi connectivity index (χ4v) is 4.23. The first kappa shape index (κ1) is 21.7. The number of nitriles is 1. The zero-order valence-corrected chi connectivity index (χ0v) is 17.5. The number of anilines is 1. The number of nitrogens with zero attached hydrogens (tertiary/aromatic N) is 3. The molecule has 9 heteroatoms. The zero-order chi connectivity index (χ0) is 22.7. The topological polar surface area (TPSA) is 87.6 Å². The van der Waals surface area contributed by atoms with Crippen LogP contribution in [0, 0.1) is 11.3 Å². The van der Waals surface area contributed by atoms with Crippen molar-refractivity contribution in [3.8, 4) is 16.5 Å². The molecule has 0 radical (unpaired) electrons. The van der Waals surface area contributed by atoms with Gasteiger partial charge in [0.1, 0.15) is 6.07 Å². The van der Waals surface area contributed by atoms with Gasteiger partial charge in [0.25, 0.3) is 0 Å². The van der Waals surface area contributed by atoms with Crippen LogP contribution in [-0.4, -0.2) is 22.6 Å². The molecule has 0 saturated carbocycles. The molecule has 2 aromatic heterocycles. The van der Waals surface area contributed by atoms with Crippen molar-refractivity contribution in [2.75, 3.05) is 11.9 Å². The van der Waals surface area contributed by atoms with Crippen LogP contribution in [0.15, 0.2) is 60.9 Å². The minimum Gasteiger partial charge on any atom is -0.360 e. The summed E-state index contributed by atoms with van der Waals surface area (Å²) in [7, 11) is 0. The average Bonchev–Trinajstić information content (AvgIpc) is 3.20. The molecule has 0 amide bonds. The summed E-state index contributed by atoms with van der Waals surface area (Å²) in [6.45, 7) is 0.363. The highest BCUT2D eigenvalue weighted by Gasteiger charge is 2.29. The number of rotatable bonds is 6.